The van der Waals surface area contributed by atoms with Crippen LogP contribution >= 0.6 is 34.5 Å². The van der Waals surface area contributed by atoms with Gasteiger partial charge in [0.25, 0.3) is 0 Å². The summed E-state index contributed by atoms with van der Waals surface area (Å²) in [5.41, 5.74) is 3.48. The molecule has 0 aliphatic carbocycles. The number of carboxylic acids is 1. The Morgan fingerprint density at radius 2 is 1.78 bits per heavy atom. The van der Waals surface area contributed by atoms with Crippen molar-refractivity contribution in [2.75, 3.05) is 0 Å². The smallest absolute Gasteiger partial charge is 0.335 e. The van der Waals surface area contributed by atoms with Gasteiger partial charge in [-0.15, -0.1) is 16.4 Å². The molecule has 0 fully saturated rings. The maximum absolute atomic E-state index is 11.3. The van der Waals surface area contributed by atoms with Gasteiger partial charge in [0.2, 0.25) is 0 Å². The second kappa shape index (κ2) is 9.93. The first-order chi connectivity index (χ1) is 17.3. The van der Waals surface area contributed by atoms with Crippen LogP contribution in [0.3, 0.4) is 0 Å². The summed E-state index contributed by atoms with van der Waals surface area (Å²) in [6.45, 7) is 4.33. The third-order valence-electron chi connectivity index (χ3n) is 5.77. The second-order valence-electron chi connectivity index (χ2n) is 8.54. The maximum Gasteiger partial charge on any atom is 0.335 e. The van der Waals surface area contributed by atoms with Gasteiger partial charge in [0.05, 0.1) is 21.3 Å². The molecular weight excluding hydrogens is 517 g/mol. The number of aromatic carboxylic acids is 1. The molecule has 0 bridgehead atoms. The van der Waals surface area contributed by atoms with E-state index in [1.54, 1.807) is 46.4 Å². The molecule has 6 nitrogen and oxygen atoms in total. The molecule has 3 aromatic carbocycles. The molecule has 0 amide bonds. The van der Waals surface area contributed by atoms with Gasteiger partial charge in [-0.2, -0.15) is 0 Å². The number of benzene rings is 3. The predicted octanol–water partition coefficient (Wildman–Crippen LogP) is 7.86. The van der Waals surface area contributed by atoms with Crippen LogP contribution in [0.5, 0.6) is 5.75 Å². The summed E-state index contributed by atoms with van der Waals surface area (Å²) >= 11 is 14.4. The lowest BCUT2D eigenvalue weighted by atomic mass is 10.1. The van der Waals surface area contributed by atoms with E-state index in [4.69, 9.17) is 27.9 Å². The molecule has 0 spiro atoms. The van der Waals surface area contributed by atoms with Crippen molar-refractivity contribution in [1.29, 1.82) is 0 Å². The maximum atomic E-state index is 11.3. The van der Waals surface area contributed by atoms with Gasteiger partial charge >= 0.3 is 5.97 Å². The van der Waals surface area contributed by atoms with Gasteiger partial charge in [0, 0.05) is 9.58 Å². The number of ether oxygens (including phenoxy) is 1. The molecule has 0 aliphatic rings. The van der Waals surface area contributed by atoms with Gasteiger partial charge < -0.3 is 9.84 Å². The molecule has 36 heavy (non-hydrogen) atoms. The Morgan fingerprint density at radius 3 is 2.44 bits per heavy atom. The molecule has 2 aromatic heterocycles. The fourth-order valence-corrected chi connectivity index (χ4v) is 5.61. The fraction of sp³-hybridized carbons (Fsp3) is 0.148. The van der Waals surface area contributed by atoms with Crippen molar-refractivity contribution in [2.45, 2.75) is 26.4 Å². The highest BCUT2D eigenvalue weighted by molar-refractivity contribution is 7.22. The molecule has 0 saturated carbocycles. The van der Waals surface area contributed by atoms with Gasteiger partial charge in [0.1, 0.15) is 23.7 Å². The lowest BCUT2D eigenvalue weighted by molar-refractivity contribution is 0.0697. The summed E-state index contributed by atoms with van der Waals surface area (Å²) in [6, 6.07) is 20.3. The standard InChI is InChI=1S/C27H21Cl2N3O3S/c1-15(2)25-22(32(31-30-25)26-20(28)4-3-5-21(26)29)14-35-19-10-8-16(9-11-19)23-12-17-6-7-18(27(33)34)13-24(17)36-23/h3-13,15H,14H2,1-2H3,(H,33,34). The average molecular weight is 538 g/mol. The second-order valence-corrected chi connectivity index (χ2v) is 10.4. The van der Waals surface area contributed by atoms with Crippen molar-refractivity contribution in [2.24, 2.45) is 0 Å². The number of carbonyl (C=O) groups is 1. The van der Waals surface area contributed by atoms with Crippen molar-refractivity contribution in [1.82, 2.24) is 15.0 Å². The van der Waals surface area contributed by atoms with Crippen LogP contribution in [-0.2, 0) is 6.61 Å². The van der Waals surface area contributed by atoms with Gasteiger partial charge in [-0.3, -0.25) is 0 Å². The molecule has 0 atom stereocenters. The quantitative estimate of drug-likeness (QED) is 0.228. The third kappa shape index (κ3) is 4.69. The number of nitrogens with zero attached hydrogens (tertiary/aromatic N) is 3. The molecular formula is C27H21Cl2N3O3S. The Bertz CT molecular complexity index is 1560. The van der Waals surface area contributed by atoms with Crippen molar-refractivity contribution < 1.29 is 14.6 Å². The highest BCUT2D eigenvalue weighted by Crippen LogP contribution is 2.35. The Balaban J connectivity index is 1.39. The van der Waals surface area contributed by atoms with Gasteiger partial charge in [-0.1, -0.05) is 54.4 Å². The van der Waals surface area contributed by atoms with Crippen LogP contribution in [-0.4, -0.2) is 26.1 Å². The summed E-state index contributed by atoms with van der Waals surface area (Å²) in [4.78, 5) is 12.3. The molecule has 0 unspecified atom stereocenters. The van der Waals surface area contributed by atoms with E-state index < -0.39 is 5.97 Å². The van der Waals surface area contributed by atoms with Crippen molar-refractivity contribution in [3.05, 3.63) is 93.7 Å². The largest absolute Gasteiger partial charge is 0.487 e. The van der Waals surface area contributed by atoms with E-state index in [2.05, 4.69) is 16.4 Å². The van der Waals surface area contributed by atoms with Crippen LogP contribution < -0.4 is 4.74 Å². The number of carboxylic acid groups (broad SMARTS) is 1. The Hall–Kier alpha value is -3.39. The molecule has 0 radical (unpaired) electrons. The van der Waals surface area contributed by atoms with E-state index in [1.165, 1.54) is 0 Å². The number of fused-ring (bicyclic) bond motifs is 1. The van der Waals surface area contributed by atoms with Gasteiger partial charge in [-0.05, 0) is 71.5 Å². The first kappa shape index (κ1) is 24.3. The SMILES string of the molecule is CC(C)c1nnn(-c2c(Cl)cccc2Cl)c1COc1ccc(-c2cc3ccc(C(=O)O)cc3s2)cc1. The minimum Gasteiger partial charge on any atom is -0.487 e. The number of thiophene rings is 1. The number of para-hydroxylation sites is 1. The minimum atomic E-state index is -0.928. The zero-order chi connectivity index (χ0) is 25.4. The number of hydrogen-bond acceptors (Lipinski definition) is 5. The summed E-state index contributed by atoms with van der Waals surface area (Å²) in [6.07, 6.45) is 0. The van der Waals surface area contributed by atoms with E-state index in [0.717, 1.165) is 31.9 Å². The number of halogens is 2. The number of rotatable bonds is 7. The Morgan fingerprint density at radius 1 is 1.06 bits per heavy atom. The summed E-state index contributed by atoms with van der Waals surface area (Å²) in [5, 5.41) is 19.9. The molecule has 9 heteroatoms. The van der Waals surface area contributed by atoms with Crippen LogP contribution in [0.25, 0.3) is 26.2 Å². The van der Waals surface area contributed by atoms with Crippen LogP contribution in [0.2, 0.25) is 10.0 Å². The van der Waals surface area contributed by atoms with E-state index >= 15 is 0 Å². The van der Waals surface area contributed by atoms with Crippen molar-refractivity contribution >= 4 is 50.6 Å². The normalized spacial score (nSPS) is 11.4. The molecule has 0 saturated heterocycles. The predicted molar refractivity (Wildman–Crippen MR) is 144 cm³/mol. The van der Waals surface area contributed by atoms with Gasteiger partial charge in [0.15, 0.2) is 0 Å². The van der Waals surface area contributed by atoms with Gasteiger partial charge in [-0.25, -0.2) is 9.48 Å². The van der Waals surface area contributed by atoms with Crippen LogP contribution in [0.4, 0.5) is 0 Å². The zero-order valence-electron chi connectivity index (χ0n) is 19.4. The molecule has 1 N–H and O–H groups in total. The van der Waals surface area contributed by atoms with E-state index in [9.17, 15) is 9.90 Å². The molecule has 5 rings (SSSR count). The van der Waals surface area contributed by atoms with Crippen LogP contribution in [0, 0.1) is 0 Å². The highest BCUT2D eigenvalue weighted by Gasteiger charge is 2.21. The lowest BCUT2D eigenvalue weighted by Gasteiger charge is -2.13. The summed E-state index contributed by atoms with van der Waals surface area (Å²) in [7, 11) is 0. The molecule has 5 aromatic rings. The number of aromatic nitrogens is 3. The van der Waals surface area contributed by atoms with E-state index in [0.29, 0.717) is 21.5 Å². The molecule has 0 aliphatic heterocycles. The number of hydrogen-bond donors (Lipinski definition) is 1. The minimum absolute atomic E-state index is 0.135. The summed E-state index contributed by atoms with van der Waals surface area (Å²) in [5.74, 6) is -0.0985. The molecule has 182 valence electrons. The van der Waals surface area contributed by atoms with E-state index in [-0.39, 0.29) is 18.1 Å². The Kier molecular flexibility index (Phi) is 6.71. The first-order valence-corrected chi connectivity index (χ1v) is 12.8. The highest BCUT2D eigenvalue weighted by atomic mass is 35.5. The topological polar surface area (TPSA) is 77.2 Å². The van der Waals surface area contributed by atoms with Crippen LogP contribution in [0.15, 0.2) is 66.7 Å². The fourth-order valence-electron chi connectivity index (χ4n) is 3.94. The monoisotopic (exact) mass is 537 g/mol. The van der Waals surface area contributed by atoms with E-state index in [1.807, 2.05) is 44.2 Å². The summed E-state index contributed by atoms with van der Waals surface area (Å²) < 4.78 is 8.71. The van der Waals surface area contributed by atoms with Crippen LogP contribution in [0.1, 0.15) is 41.5 Å². The third-order valence-corrected chi connectivity index (χ3v) is 7.53. The molecule has 2 heterocycles. The van der Waals surface area contributed by atoms with Crippen molar-refractivity contribution in [3.63, 3.8) is 0 Å². The van der Waals surface area contributed by atoms with Crippen molar-refractivity contribution in [3.8, 4) is 21.9 Å². The Labute approximate surface area is 221 Å². The average Bonchev–Trinajstić information content (AvgIpc) is 3.47. The first-order valence-electron chi connectivity index (χ1n) is 11.2. The zero-order valence-corrected chi connectivity index (χ0v) is 21.7. The lowest BCUT2D eigenvalue weighted by Crippen LogP contribution is -2.09.